The molecule has 4 aromatic rings. The van der Waals surface area contributed by atoms with Crippen LogP contribution in [0.15, 0.2) is 63.9 Å². The van der Waals surface area contributed by atoms with Gasteiger partial charge in [0.15, 0.2) is 0 Å². The van der Waals surface area contributed by atoms with Crippen LogP contribution in [0.25, 0.3) is 22.2 Å². The van der Waals surface area contributed by atoms with Gasteiger partial charge in [0, 0.05) is 17.1 Å². The molecule has 0 saturated carbocycles. The maximum absolute atomic E-state index is 12.7. The predicted octanol–water partition coefficient (Wildman–Crippen LogP) is 3.35. The van der Waals surface area contributed by atoms with E-state index in [1.54, 1.807) is 31.3 Å². The van der Waals surface area contributed by atoms with Gasteiger partial charge >= 0.3 is 0 Å². The number of hydrogen-bond donors (Lipinski definition) is 2. The average molecular weight is 438 g/mol. The van der Waals surface area contributed by atoms with Gasteiger partial charge in [-0.3, -0.25) is 14.7 Å². The number of fused-ring (bicyclic) bond motifs is 1. The van der Waals surface area contributed by atoms with Gasteiger partial charge in [0.1, 0.15) is 11.5 Å². The molecule has 0 aliphatic heterocycles. The summed E-state index contributed by atoms with van der Waals surface area (Å²) in [7, 11) is 1.65. The highest BCUT2D eigenvalue weighted by atomic mass is 79.9. The molecule has 7 nitrogen and oxygen atoms in total. The molecule has 1 amide bonds. The average Bonchev–Trinajstić information content (AvgIpc) is 3.18. The number of hydrogen-bond acceptors (Lipinski definition) is 4. The Balaban J connectivity index is 1.54. The summed E-state index contributed by atoms with van der Waals surface area (Å²) in [6, 6.07) is 16.5. The largest absolute Gasteiger partial charge is 0.333 e. The number of H-pyrrole nitrogens is 2. The van der Waals surface area contributed by atoms with E-state index >= 15 is 0 Å². The summed E-state index contributed by atoms with van der Waals surface area (Å²) < 4.78 is 0.972. The number of amides is 1. The number of carbonyl (C=O) groups excluding carboxylic acids is 1. The highest BCUT2D eigenvalue weighted by molar-refractivity contribution is 9.10. The van der Waals surface area contributed by atoms with Crippen LogP contribution in [0.5, 0.6) is 0 Å². The summed E-state index contributed by atoms with van der Waals surface area (Å²) in [6.07, 6.45) is 0. The summed E-state index contributed by atoms with van der Waals surface area (Å²) in [6.45, 7) is 0.172. The first-order valence-electron chi connectivity index (χ1n) is 8.56. The van der Waals surface area contributed by atoms with Gasteiger partial charge < -0.3 is 9.88 Å². The van der Waals surface area contributed by atoms with Crippen molar-refractivity contribution in [2.45, 2.75) is 6.54 Å². The van der Waals surface area contributed by atoms with Gasteiger partial charge in [0.2, 0.25) is 0 Å². The molecule has 2 aromatic heterocycles. The topological polar surface area (TPSA) is 94.7 Å². The fraction of sp³-hybridized carbons (Fsp3) is 0.100. The van der Waals surface area contributed by atoms with Gasteiger partial charge in [-0.25, -0.2) is 4.98 Å². The molecule has 0 unspecified atom stereocenters. The summed E-state index contributed by atoms with van der Waals surface area (Å²) in [5.74, 6) is 0.180. The van der Waals surface area contributed by atoms with Crippen molar-refractivity contribution in [3.63, 3.8) is 0 Å². The number of rotatable bonds is 4. The van der Waals surface area contributed by atoms with Crippen LogP contribution in [0.2, 0.25) is 0 Å². The molecule has 2 heterocycles. The number of benzene rings is 2. The van der Waals surface area contributed by atoms with Crippen LogP contribution in [-0.2, 0) is 6.54 Å². The van der Waals surface area contributed by atoms with Gasteiger partial charge in [-0.05, 0) is 30.3 Å². The molecule has 0 aliphatic carbocycles. The van der Waals surface area contributed by atoms with Gasteiger partial charge in [-0.1, -0.05) is 40.2 Å². The fourth-order valence-corrected chi connectivity index (χ4v) is 3.18. The van der Waals surface area contributed by atoms with Crippen molar-refractivity contribution < 1.29 is 4.79 Å². The lowest BCUT2D eigenvalue weighted by Crippen LogP contribution is -2.28. The van der Waals surface area contributed by atoms with Crippen molar-refractivity contribution in [3.8, 4) is 11.3 Å². The molecule has 0 bridgehead atoms. The summed E-state index contributed by atoms with van der Waals surface area (Å²) >= 11 is 3.40. The van der Waals surface area contributed by atoms with E-state index in [9.17, 15) is 9.59 Å². The Labute approximate surface area is 168 Å². The van der Waals surface area contributed by atoms with Crippen molar-refractivity contribution in [2.24, 2.45) is 0 Å². The number of halogens is 1. The second-order valence-corrected chi connectivity index (χ2v) is 7.28. The standard InChI is InChI=1S/C20H16BrN5O2/c1-26(11-18-22-15-5-3-2-4-14(15)19(27)23-18)20(28)17-10-16(24-25-17)12-6-8-13(21)9-7-12/h2-10H,11H2,1H3,(H,24,25)(H,22,23,27). The first kappa shape index (κ1) is 18.1. The molecular formula is C20H16BrN5O2. The summed E-state index contributed by atoms with van der Waals surface area (Å²) in [5.41, 5.74) is 2.33. The van der Waals surface area contributed by atoms with Crippen LogP contribution in [0.3, 0.4) is 0 Å². The van der Waals surface area contributed by atoms with Crippen LogP contribution in [0.4, 0.5) is 0 Å². The molecule has 0 radical (unpaired) electrons. The summed E-state index contributed by atoms with van der Waals surface area (Å²) in [5, 5.41) is 7.52. The third-order valence-electron chi connectivity index (χ3n) is 4.34. The smallest absolute Gasteiger partial charge is 0.272 e. The zero-order valence-electron chi connectivity index (χ0n) is 14.9. The first-order valence-corrected chi connectivity index (χ1v) is 9.35. The van der Waals surface area contributed by atoms with Crippen LogP contribution in [0, 0.1) is 0 Å². The van der Waals surface area contributed by atoms with Crippen molar-refractivity contribution in [1.82, 2.24) is 25.1 Å². The second-order valence-electron chi connectivity index (χ2n) is 6.36. The normalized spacial score (nSPS) is 10.9. The van der Waals surface area contributed by atoms with E-state index in [0.29, 0.717) is 28.1 Å². The van der Waals surface area contributed by atoms with E-state index in [-0.39, 0.29) is 18.0 Å². The zero-order valence-corrected chi connectivity index (χ0v) is 16.5. The number of aromatic amines is 2. The van der Waals surface area contributed by atoms with Crippen LogP contribution in [0.1, 0.15) is 16.3 Å². The van der Waals surface area contributed by atoms with E-state index in [0.717, 1.165) is 10.0 Å². The Morgan fingerprint density at radius 3 is 2.68 bits per heavy atom. The van der Waals surface area contributed by atoms with Gasteiger partial charge in [0.25, 0.3) is 11.5 Å². The molecule has 0 fully saturated rings. The molecule has 0 saturated heterocycles. The monoisotopic (exact) mass is 437 g/mol. The second kappa shape index (κ2) is 7.40. The molecular weight excluding hydrogens is 422 g/mol. The minimum atomic E-state index is -0.244. The van der Waals surface area contributed by atoms with E-state index < -0.39 is 0 Å². The maximum Gasteiger partial charge on any atom is 0.272 e. The quantitative estimate of drug-likeness (QED) is 0.511. The first-order chi connectivity index (χ1) is 13.5. The number of aromatic nitrogens is 4. The Bertz CT molecular complexity index is 1210. The Morgan fingerprint density at radius 1 is 1.14 bits per heavy atom. The van der Waals surface area contributed by atoms with Crippen LogP contribution < -0.4 is 5.56 Å². The van der Waals surface area contributed by atoms with Crippen molar-refractivity contribution in [3.05, 3.63) is 80.9 Å². The highest BCUT2D eigenvalue weighted by Crippen LogP contribution is 2.21. The zero-order chi connectivity index (χ0) is 19.7. The number of nitrogens with one attached hydrogen (secondary N) is 2. The van der Waals surface area contributed by atoms with Crippen molar-refractivity contribution >= 4 is 32.7 Å². The lowest BCUT2D eigenvalue weighted by Gasteiger charge is -2.15. The third kappa shape index (κ3) is 3.59. The van der Waals surface area contributed by atoms with Crippen LogP contribution in [-0.4, -0.2) is 38.0 Å². The Hall–Kier alpha value is -3.26. The predicted molar refractivity (Wildman–Crippen MR) is 110 cm³/mol. The molecule has 4 rings (SSSR count). The molecule has 2 N–H and O–H groups in total. The molecule has 28 heavy (non-hydrogen) atoms. The molecule has 0 aliphatic rings. The van der Waals surface area contributed by atoms with Crippen molar-refractivity contribution in [1.29, 1.82) is 0 Å². The SMILES string of the molecule is CN(Cc1nc2ccccc2c(=O)[nH]1)C(=O)c1cc(-c2ccc(Br)cc2)n[nH]1. The fourth-order valence-electron chi connectivity index (χ4n) is 2.91. The number of carbonyl (C=O) groups is 1. The minimum Gasteiger partial charge on any atom is -0.333 e. The van der Waals surface area contributed by atoms with E-state index in [2.05, 4.69) is 36.1 Å². The molecule has 140 valence electrons. The molecule has 8 heteroatoms. The minimum absolute atomic E-state index is 0.172. The summed E-state index contributed by atoms with van der Waals surface area (Å²) in [4.78, 5) is 33.6. The molecule has 2 aromatic carbocycles. The number of nitrogens with zero attached hydrogens (tertiary/aromatic N) is 3. The van der Waals surface area contributed by atoms with E-state index in [4.69, 9.17) is 0 Å². The highest BCUT2D eigenvalue weighted by Gasteiger charge is 2.17. The van der Waals surface area contributed by atoms with Crippen LogP contribution >= 0.6 is 15.9 Å². The third-order valence-corrected chi connectivity index (χ3v) is 4.87. The van der Waals surface area contributed by atoms with Gasteiger partial charge in [-0.15, -0.1) is 0 Å². The maximum atomic E-state index is 12.7. The lowest BCUT2D eigenvalue weighted by atomic mass is 10.1. The van der Waals surface area contributed by atoms with E-state index in [1.807, 2.05) is 30.3 Å². The van der Waals surface area contributed by atoms with Gasteiger partial charge in [0.05, 0.1) is 23.1 Å². The molecule has 0 spiro atoms. The number of para-hydroxylation sites is 1. The Kier molecular flexibility index (Phi) is 4.79. The van der Waals surface area contributed by atoms with Crippen molar-refractivity contribution in [2.75, 3.05) is 7.05 Å². The molecule has 0 atom stereocenters. The van der Waals surface area contributed by atoms with Gasteiger partial charge in [-0.2, -0.15) is 5.10 Å². The Morgan fingerprint density at radius 2 is 1.89 bits per heavy atom. The lowest BCUT2D eigenvalue weighted by molar-refractivity contribution is 0.0775. The van der Waals surface area contributed by atoms with E-state index in [1.165, 1.54) is 4.90 Å².